The van der Waals surface area contributed by atoms with Gasteiger partial charge in [-0.3, -0.25) is 4.79 Å². The molecule has 152 valence electrons. The molecule has 1 saturated heterocycles. The average Bonchev–Trinajstić information content (AvgIpc) is 2.60. The summed E-state index contributed by atoms with van der Waals surface area (Å²) in [7, 11) is -6.85. The number of nitrogens with zero attached hydrogens (tertiary/aromatic N) is 1. The Morgan fingerprint density at radius 1 is 1.15 bits per heavy atom. The molecule has 0 aromatic heterocycles. The highest BCUT2D eigenvalue weighted by atomic mass is 32.2. The predicted molar refractivity (Wildman–Crippen MR) is 105 cm³/mol. The van der Waals surface area contributed by atoms with Crippen molar-refractivity contribution in [3.8, 4) is 0 Å². The maximum Gasteiger partial charge on any atom is 0.251 e. The summed E-state index contributed by atoms with van der Waals surface area (Å²) in [6, 6.07) is 5.88. The number of nitrogens with one attached hydrogen (secondary N) is 1. The fourth-order valence-corrected chi connectivity index (χ4v) is 5.74. The van der Waals surface area contributed by atoms with Crippen molar-refractivity contribution in [2.45, 2.75) is 32.1 Å². The molecule has 1 heterocycles. The topological polar surface area (TPSA) is 101 Å². The molecule has 27 heavy (non-hydrogen) atoms. The van der Waals surface area contributed by atoms with Gasteiger partial charge in [0, 0.05) is 31.0 Å². The zero-order valence-electron chi connectivity index (χ0n) is 16.0. The van der Waals surface area contributed by atoms with Crippen molar-refractivity contribution in [2.75, 3.05) is 31.1 Å². The van der Waals surface area contributed by atoms with Gasteiger partial charge >= 0.3 is 0 Å². The summed E-state index contributed by atoms with van der Waals surface area (Å²) in [5, 5.41) is 2.54. The largest absolute Gasteiger partial charge is 0.351 e. The second-order valence-electron chi connectivity index (χ2n) is 7.29. The standard InChI is InChI=1S/C18H28N2O5S2/c1-4-26(22,23)9-8-19-18(21)16-6-5-7-17(11-16)27(24,25)20-12-14(2)10-15(3)13-20/h5-7,11,14-15H,4,8-10,12-13H2,1-3H3,(H,19,21). The van der Waals surface area contributed by atoms with Crippen LogP contribution in [0.2, 0.25) is 0 Å². The molecule has 1 aliphatic heterocycles. The van der Waals surface area contributed by atoms with Crippen molar-refractivity contribution in [3.63, 3.8) is 0 Å². The zero-order chi connectivity index (χ0) is 20.2. The maximum atomic E-state index is 13.0. The first kappa shape index (κ1) is 21.8. The van der Waals surface area contributed by atoms with Gasteiger partial charge in [0.15, 0.2) is 9.84 Å². The third-order valence-electron chi connectivity index (χ3n) is 4.71. The van der Waals surface area contributed by atoms with Crippen LogP contribution in [0.15, 0.2) is 29.2 Å². The lowest BCUT2D eigenvalue weighted by atomic mass is 9.94. The van der Waals surface area contributed by atoms with E-state index in [1.54, 1.807) is 6.92 Å². The van der Waals surface area contributed by atoms with E-state index in [9.17, 15) is 21.6 Å². The Labute approximate surface area is 162 Å². The molecule has 1 N–H and O–H groups in total. The molecular weight excluding hydrogens is 388 g/mol. The van der Waals surface area contributed by atoms with E-state index in [0.717, 1.165) is 6.42 Å². The van der Waals surface area contributed by atoms with Crippen LogP contribution in [-0.4, -0.2) is 58.2 Å². The van der Waals surface area contributed by atoms with E-state index in [4.69, 9.17) is 0 Å². The lowest BCUT2D eigenvalue weighted by Gasteiger charge is -2.34. The molecule has 9 heteroatoms. The quantitative estimate of drug-likeness (QED) is 0.726. The number of hydrogen-bond acceptors (Lipinski definition) is 5. The number of hydrogen-bond donors (Lipinski definition) is 1. The van der Waals surface area contributed by atoms with Crippen LogP contribution in [0.4, 0.5) is 0 Å². The minimum absolute atomic E-state index is 0.00681. The van der Waals surface area contributed by atoms with Crippen molar-refractivity contribution in [2.24, 2.45) is 11.8 Å². The van der Waals surface area contributed by atoms with Crippen LogP contribution in [0.5, 0.6) is 0 Å². The number of piperidine rings is 1. The monoisotopic (exact) mass is 416 g/mol. The molecule has 0 bridgehead atoms. The Morgan fingerprint density at radius 2 is 1.78 bits per heavy atom. The Bertz CT molecular complexity index is 871. The summed E-state index contributed by atoms with van der Waals surface area (Å²) in [5.41, 5.74) is 0.197. The molecule has 0 saturated carbocycles. The van der Waals surface area contributed by atoms with Crippen molar-refractivity contribution >= 4 is 25.8 Å². The molecule has 1 aliphatic rings. The second kappa shape index (κ2) is 8.70. The van der Waals surface area contributed by atoms with E-state index in [1.165, 1.54) is 28.6 Å². The first-order valence-corrected chi connectivity index (χ1v) is 12.4. The van der Waals surface area contributed by atoms with Gasteiger partial charge in [-0.2, -0.15) is 4.31 Å². The fraction of sp³-hybridized carbons (Fsp3) is 0.611. The van der Waals surface area contributed by atoms with Gasteiger partial charge in [0.1, 0.15) is 0 Å². The molecule has 2 rings (SSSR count). The van der Waals surface area contributed by atoms with Crippen LogP contribution in [-0.2, 0) is 19.9 Å². The average molecular weight is 417 g/mol. The van der Waals surface area contributed by atoms with E-state index in [1.807, 2.05) is 13.8 Å². The van der Waals surface area contributed by atoms with Gasteiger partial charge in [-0.15, -0.1) is 0 Å². The smallest absolute Gasteiger partial charge is 0.251 e. The third kappa shape index (κ3) is 5.76. The van der Waals surface area contributed by atoms with Crippen LogP contribution in [0.25, 0.3) is 0 Å². The molecule has 2 unspecified atom stereocenters. The number of carbonyl (C=O) groups is 1. The molecule has 1 aromatic carbocycles. The highest BCUT2D eigenvalue weighted by molar-refractivity contribution is 7.91. The molecule has 7 nitrogen and oxygen atoms in total. The molecule has 1 fully saturated rings. The summed E-state index contributed by atoms with van der Waals surface area (Å²) >= 11 is 0. The van der Waals surface area contributed by atoms with Gasteiger partial charge in [-0.05, 0) is 36.5 Å². The first-order chi connectivity index (χ1) is 12.5. The number of sulfonamides is 1. The Balaban J connectivity index is 2.13. The van der Waals surface area contributed by atoms with Gasteiger partial charge < -0.3 is 5.32 Å². The maximum absolute atomic E-state index is 13.0. The van der Waals surface area contributed by atoms with Gasteiger partial charge in [0.05, 0.1) is 10.6 Å². The number of sulfone groups is 1. The molecule has 1 aromatic rings. The minimum atomic E-state index is -3.67. The normalized spacial score (nSPS) is 21.7. The lowest BCUT2D eigenvalue weighted by molar-refractivity contribution is 0.0956. The molecular formula is C18H28N2O5S2. The van der Waals surface area contributed by atoms with E-state index < -0.39 is 25.8 Å². The van der Waals surface area contributed by atoms with Gasteiger partial charge in [0.2, 0.25) is 10.0 Å². The number of carbonyl (C=O) groups excluding carboxylic acids is 1. The van der Waals surface area contributed by atoms with Crippen LogP contribution in [0.3, 0.4) is 0 Å². The molecule has 0 spiro atoms. The summed E-state index contributed by atoms with van der Waals surface area (Å²) in [5.74, 6) is -0.0372. The highest BCUT2D eigenvalue weighted by Crippen LogP contribution is 2.27. The van der Waals surface area contributed by atoms with E-state index >= 15 is 0 Å². The van der Waals surface area contributed by atoms with E-state index in [2.05, 4.69) is 5.32 Å². The Hall–Kier alpha value is -1.45. The molecule has 0 aliphatic carbocycles. The Kier molecular flexibility index (Phi) is 7.04. The van der Waals surface area contributed by atoms with Gasteiger partial charge in [-0.1, -0.05) is 26.8 Å². The Morgan fingerprint density at radius 3 is 2.37 bits per heavy atom. The van der Waals surface area contributed by atoms with Crippen LogP contribution < -0.4 is 5.32 Å². The SMILES string of the molecule is CCS(=O)(=O)CCNC(=O)c1cccc(S(=O)(=O)N2CC(C)CC(C)C2)c1. The minimum Gasteiger partial charge on any atom is -0.351 e. The summed E-state index contributed by atoms with van der Waals surface area (Å²) in [4.78, 5) is 12.3. The predicted octanol–water partition coefficient (Wildman–Crippen LogP) is 1.52. The molecule has 1 amide bonds. The summed E-state index contributed by atoms with van der Waals surface area (Å²) in [6.07, 6.45) is 0.995. The van der Waals surface area contributed by atoms with Gasteiger partial charge in [0.25, 0.3) is 5.91 Å². The molecule has 2 atom stereocenters. The number of benzene rings is 1. The van der Waals surface area contributed by atoms with Gasteiger partial charge in [-0.25, -0.2) is 16.8 Å². The highest BCUT2D eigenvalue weighted by Gasteiger charge is 2.31. The number of rotatable bonds is 7. The molecule has 0 radical (unpaired) electrons. The van der Waals surface area contributed by atoms with E-state index in [0.29, 0.717) is 13.1 Å². The lowest BCUT2D eigenvalue weighted by Crippen LogP contribution is -2.42. The van der Waals surface area contributed by atoms with Crippen molar-refractivity contribution in [1.29, 1.82) is 0 Å². The van der Waals surface area contributed by atoms with Crippen LogP contribution >= 0.6 is 0 Å². The second-order valence-corrected chi connectivity index (χ2v) is 11.7. The van der Waals surface area contributed by atoms with Crippen molar-refractivity contribution in [1.82, 2.24) is 9.62 Å². The summed E-state index contributed by atoms with van der Waals surface area (Å²) in [6.45, 7) is 6.55. The van der Waals surface area contributed by atoms with Crippen LogP contribution in [0.1, 0.15) is 37.6 Å². The third-order valence-corrected chi connectivity index (χ3v) is 8.24. The first-order valence-electron chi connectivity index (χ1n) is 9.14. The van der Waals surface area contributed by atoms with Crippen LogP contribution in [0, 0.1) is 11.8 Å². The van der Waals surface area contributed by atoms with E-state index in [-0.39, 0.29) is 40.3 Å². The fourth-order valence-electron chi connectivity index (χ4n) is 3.32. The summed E-state index contributed by atoms with van der Waals surface area (Å²) < 4.78 is 50.4. The number of amides is 1. The zero-order valence-corrected chi connectivity index (χ0v) is 17.6. The van der Waals surface area contributed by atoms with Crippen molar-refractivity contribution < 1.29 is 21.6 Å². The van der Waals surface area contributed by atoms with Crippen molar-refractivity contribution in [3.05, 3.63) is 29.8 Å².